The van der Waals surface area contributed by atoms with Crippen LogP contribution in [0.25, 0.3) is 0 Å². The van der Waals surface area contributed by atoms with Gasteiger partial charge in [-0.3, -0.25) is 14.4 Å². The van der Waals surface area contributed by atoms with Crippen LogP contribution < -0.4 is 0 Å². The SMILES string of the molecule is COCC[C@]1(C)C(=O)/C(=C\O)C[C@]2(C)C3=CC(=O)[C@@H]4[C@@H]5CC(C)(C)CC[C@]5(C(=O)OC)CC[C@@]4(C)[C@]3(C)CC[C@@H]12. The number of esters is 1. The molecule has 0 radical (unpaired) electrons. The zero-order valence-corrected chi connectivity index (χ0v) is 25.9. The van der Waals surface area contributed by atoms with Gasteiger partial charge in [-0.15, -0.1) is 0 Å². The summed E-state index contributed by atoms with van der Waals surface area (Å²) in [6.45, 7) is 13.9. The lowest BCUT2D eigenvalue weighted by Crippen LogP contribution is -2.66. The Morgan fingerprint density at radius 1 is 1.02 bits per heavy atom. The molecule has 0 aliphatic heterocycles. The second-order valence-electron chi connectivity index (χ2n) is 15.6. The van der Waals surface area contributed by atoms with Crippen LogP contribution in [0.3, 0.4) is 0 Å². The number of carbonyl (C=O) groups excluding carboxylic acids is 3. The van der Waals surface area contributed by atoms with Crippen LogP contribution >= 0.6 is 0 Å². The second kappa shape index (κ2) is 9.28. The first kappa shape index (κ1) is 29.5. The highest BCUT2D eigenvalue weighted by atomic mass is 16.5. The van der Waals surface area contributed by atoms with Crippen molar-refractivity contribution in [3.8, 4) is 0 Å². The Hall–Kier alpha value is -1.95. The van der Waals surface area contributed by atoms with E-state index in [1.54, 1.807) is 7.11 Å². The quantitative estimate of drug-likeness (QED) is 0.234. The Morgan fingerprint density at radius 3 is 2.33 bits per heavy atom. The van der Waals surface area contributed by atoms with Gasteiger partial charge in [-0.1, -0.05) is 47.1 Å². The standard InChI is InChI=1S/C34H50O6/c1-29(2)11-13-34(28(38)40-8)14-12-33(6)26(22(34)19-29)23(36)17-25-31(4)18-21(20-35)27(37)30(3,15-16-39-7)24(31)9-10-32(25,33)5/h17,20,22,24,26,35H,9-16,18-19H2,1-8H3/b21-20-/t22-,24-,26-,30-,31-,32+,33+,34-/m0/s1. The molecule has 5 rings (SSSR count). The molecule has 0 saturated heterocycles. The van der Waals surface area contributed by atoms with Gasteiger partial charge in [-0.05, 0) is 97.4 Å². The van der Waals surface area contributed by atoms with Crippen LogP contribution in [-0.2, 0) is 23.9 Å². The van der Waals surface area contributed by atoms with Crippen LogP contribution in [0.1, 0.15) is 99.3 Å². The van der Waals surface area contributed by atoms with Gasteiger partial charge in [0, 0.05) is 30.6 Å². The average Bonchev–Trinajstić information content (AvgIpc) is 2.90. The highest BCUT2D eigenvalue weighted by Crippen LogP contribution is 2.75. The summed E-state index contributed by atoms with van der Waals surface area (Å²) in [4.78, 5) is 41.7. The van der Waals surface area contributed by atoms with Gasteiger partial charge in [0.15, 0.2) is 11.6 Å². The fraction of sp³-hybridized carbons (Fsp3) is 0.794. The van der Waals surface area contributed by atoms with Crippen LogP contribution in [0.2, 0.25) is 0 Å². The zero-order chi connectivity index (χ0) is 29.5. The molecule has 40 heavy (non-hydrogen) atoms. The average molecular weight is 555 g/mol. The molecule has 5 aliphatic carbocycles. The number of aliphatic hydroxyl groups is 1. The number of hydrogen-bond donors (Lipinski definition) is 1. The van der Waals surface area contributed by atoms with E-state index in [2.05, 4.69) is 34.6 Å². The van der Waals surface area contributed by atoms with Crippen molar-refractivity contribution < 1.29 is 29.0 Å². The molecule has 4 saturated carbocycles. The molecule has 1 N–H and O–H groups in total. The van der Waals surface area contributed by atoms with E-state index in [0.29, 0.717) is 25.0 Å². The summed E-state index contributed by atoms with van der Waals surface area (Å²) in [5.74, 6) is -0.247. The van der Waals surface area contributed by atoms with Crippen LogP contribution in [0.5, 0.6) is 0 Å². The van der Waals surface area contributed by atoms with Crippen LogP contribution in [-0.4, -0.2) is 43.5 Å². The molecule has 0 bridgehead atoms. The van der Waals surface area contributed by atoms with Gasteiger partial charge in [-0.25, -0.2) is 0 Å². The third kappa shape index (κ3) is 3.66. The summed E-state index contributed by atoms with van der Waals surface area (Å²) >= 11 is 0. The third-order valence-corrected chi connectivity index (χ3v) is 13.4. The van der Waals surface area contributed by atoms with Crippen molar-refractivity contribution >= 4 is 17.5 Å². The fourth-order valence-corrected chi connectivity index (χ4v) is 11.0. The molecular weight excluding hydrogens is 504 g/mol. The van der Waals surface area contributed by atoms with Gasteiger partial charge in [0.25, 0.3) is 0 Å². The molecule has 6 nitrogen and oxygen atoms in total. The van der Waals surface area contributed by atoms with Crippen molar-refractivity contribution in [1.29, 1.82) is 0 Å². The maximum atomic E-state index is 14.5. The van der Waals surface area contributed by atoms with Crippen molar-refractivity contribution in [1.82, 2.24) is 0 Å². The summed E-state index contributed by atoms with van der Waals surface area (Å²) in [7, 11) is 3.15. The van der Waals surface area contributed by atoms with E-state index in [9.17, 15) is 19.5 Å². The normalized spacial score (nSPS) is 47.0. The molecule has 0 unspecified atom stereocenters. The van der Waals surface area contributed by atoms with E-state index >= 15 is 0 Å². The number of Topliss-reactive ketones (excluding diaryl/α,β-unsaturated/α-hetero) is 1. The first-order chi connectivity index (χ1) is 18.6. The summed E-state index contributed by atoms with van der Waals surface area (Å²) in [6.07, 6.45) is 9.85. The molecule has 0 spiro atoms. The van der Waals surface area contributed by atoms with E-state index in [1.807, 2.05) is 13.0 Å². The van der Waals surface area contributed by atoms with Crippen LogP contribution in [0, 0.1) is 50.2 Å². The van der Waals surface area contributed by atoms with Crippen molar-refractivity contribution in [3.05, 3.63) is 23.5 Å². The molecule has 0 aromatic heterocycles. The lowest BCUT2D eigenvalue weighted by Gasteiger charge is -2.69. The first-order valence-corrected chi connectivity index (χ1v) is 15.3. The summed E-state index contributed by atoms with van der Waals surface area (Å²) in [5, 5.41) is 10.2. The van der Waals surface area contributed by atoms with E-state index in [-0.39, 0.29) is 51.5 Å². The number of fused-ring (bicyclic) bond motifs is 7. The fourth-order valence-electron chi connectivity index (χ4n) is 11.0. The summed E-state index contributed by atoms with van der Waals surface area (Å²) in [5.41, 5.74) is -0.640. The summed E-state index contributed by atoms with van der Waals surface area (Å²) in [6, 6.07) is 0. The molecule has 0 aromatic rings. The minimum atomic E-state index is -0.680. The van der Waals surface area contributed by atoms with E-state index in [4.69, 9.17) is 9.47 Å². The number of methoxy groups -OCH3 is 2. The Balaban J connectivity index is 1.66. The number of ether oxygens (including phenoxy) is 2. The Kier molecular flexibility index (Phi) is 6.85. The van der Waals surface area contributed by atoms with E-state index in [0.717, 1.165) is 56.8 Å². The summed E-state index contributed by atoms with van der Waals surface area (Å²) < 4.78 is 10.9. The van der Waals surface area contributed by atoms with Gasteiger partial charge >= 0.3 is 5.97 Å². The molecule has 6 heteroatoms. The Labute approximate surface area is 240 Å². The maximum absolute atomic E-state index is 14.5. The van der Waals surface area contributed by atoms with Crippen molar-refractivity contribution in [2.75, 3.05) is 20.8 Å². The molecule has 222 valence electrons. The van der Waals surface area contributed by atoms with Gasteiger partial charge in [0.2, 0.25) is 0 Å². The molecule has 0 aromatic carbocycles. The Morgan fingerprint density at radius 2 is 1.70 bits per heavy atom. The predicted octanol–water partition coefficient (Wildman–Crippen LogP) is 6.78. The highest BCUT2D eigenvalue weighted by molar-refractivity contribution is 6.01. The second-order valence-corrected chi connectivity index (χ2v) is 15.6. The molecule has 5 aliphatic rings. The van der Waals surface area contributed by atoms with Crippen molar-refractivity contribution in [2.45, 2.75) is 99.3 Å². The lowest BCUT2D eigenvalue weighted by molar-refractivity contribution is -0.192. The third-order valence-electron chi connectivity index (χ3n) is 13.4. The number of hydrogen-bond acceptors (Lipinski definition) is 6. The molecular formula is C34H50O6. The van der Waals surface area contributed by atoms with Crippen LogP contribution in [0.15, 0.2) is 23.5 Å². The number of allylic oxidation sites excluding steroid dienone is 3. The van der Waals surface area contributed by atoms with Gasteiger partial charge in [-0.2, -0.15) is 0 Å². The maximum Gasteiger partial charge on any atom is 0.312 e. The molecule has 0 amide bonds. The van der Waals surface area contributed by atoms with Gasteiger partial charge < -0.3 is 14.6 Å². The van der Waals surface area contributed by atoms with Gasteiger partial charge in [0.05, 0.1) is 18.8 Å². The largest absolute Gasteiger partial charge is 0.515 e. The smallest absolute Gasteiger partial charge is 0.312 e. The first-order valence-electron chi connectivity index (χ1n) is 15.3. The van der Waals surface area contributed by atoms with Crippen LogP contribution in [0.4, 0.5) is 0 Å². The number of rotatable bonds is 4. The highest BCUT2D eigenvalue weighted by Gasteiger charge is 2.71. The van der Waals surface area contributed by atoms with Crippen molar-refractivity contribution in [2.24, 2.45) is 50.2 Å². The Bertz CT molecular complexity index is 1180. The number of ketones is 2. The van der Waals surface area contributed by atoms with Gasteiger partial charge in [0.1, 0.15) is 0 Å². The van der Waals surface area contributed by atoms with E-state index < -0.39 is 16.2 Å². The minimum absolute atomic E-state index is 0.00918. The topological polar surface area (TPSA) is 89.9 Å². The molecule has 0 heterocycles. The van der Waals surface area contributed by atoms with Crippen molar-refractivity contribution in [3.63, 3.8) is 0 Å². The molecule has 8 atom stereocenters. The number of aliphatic hydroxyl groups excluding tert-OH is 1. The predicted molar refractivity (Wildman–Crippen MR) is 153 cm³/mol. The number of carbonyl (C=O) groups is 3. The lowest BCUT2D eigenvalue weighted by atomic mass is 9.33. The minimum Gasteiger partial charge on any atom is -0.515 e. The monoisotopic (exact) mass is 554 g/mol. The van der Waals surface area contributed by atoms with E-state index in [1.165, 1.54) is 7.11 Å². The zero-order valence-electron chi connectivity index (χ0n) is 25.9. The molecule has 4 fully saturated rings.